The van der Waals surface area contributed by atoms with Crippen molar-refractivity contribution in [3.05, 3.63) is 21.6 Å². The molecule has 0 aromatic heterocycles. The van der Waals surface area contributed by atoms with Crippen LogP contribution in [0.5, 0.6) is 0 Å². The zero-order valence-electron chi connectivity index (χ0n) is 34.6. The second kappa shape index (κ2) is 26.4. The third-order valence-corrected chi connectivity index (χ3v) is 12.1. The first-order chi connectivity index (χ1) is 28.1. The van der Waals surface area contributed by atoms with Crippen LogP contribution < -0.4 is 0 Å². The average molecular weight is 805 g/mol. The third kappa shape index (κ3) is 14.9. The van der Waals surface area contributed by atoms with E-state index in [1.165, 1.54) is 44.9 Å². The van der Waals surface area contributed by atoms with E-state index in [2.05, 4.69) is 189 Å². The van der Waals surface area contributed by atoms with Crippen molar-refractivity contribution < 1.29 is 40.2 Å². The first-order valence-electron chi connectivity index (χ1n) is 19.7. The molecule has 9 atom stereocenters. The van der Waals surface area contributed by atoms with Gasteiger partial charge in [-0.3, -0.25) is 0 Å². The molecular weight excluding hydrogens is 713 g/mol. The maximum atomic E-state index is 10.3. The van der Waals surface area contributed by atoms with Gasteiger partial charge in [0.2, 0.25) is 0 Å². The maximum Gasteiger partial charge on any atom is 0.0577 e. The summed E-state index contributed by atoms with van der Waals surface area (Å²) in [5.74, 6) is 66.4. The molecule has 4 heteroatoms. The van der Waals surface area contributed by atoms with E-state index in [1.807, 2.05) is 0 Å². The molecule has 0 aliphatic heterocycles. The highest BCUT2D eigenvalue weighted by Crippen LogP contribution is 2.67. The number of hydrogen-bond acceptors (Lipinski definition) is 4. The van der Waals surface area contributed by atoms with Gasteiger partial charge in [-0.15, -0.1) is 6.42 Å². The predicted molar refractivity (Wildman–Crippen MR) is 279 cm³/mol. The Hall–Kier alpha value is -6.46. The van der Waals surface area contributed by atoms with Crippen LogP contribution in [-0.4, -0.2) is 22.4 Å². The Morgan fingerprint density at radius 2 is 1.14 bits per heavy atom. The predicted octanol–water partition coefficient (Wildman–Crippen LogP) is 12.3. The van der Waals surface area contributed by atoms with Crippen LogP contribution in [-0.2, 0) is 0 Å². The van der Waals surface area contributed by atoms with Gasteiger partial charge in [0, 0.05) is 87.3 Å². The molecule has 4 rings (SSSR count). The van der Waals surface area contributed by atoms with Gasteiger partial charge in [0.25, 0.3) is 0 Å². The SMILES string of the molecule is C#CC#CC#CC#CC#CC#CC#CC#CC#CC#CC#CC#CC#CC.CC(C)[C@H](O)CC[C@@H](C)[C@H]1CC[C@H]2[C@@H]3CC=C4C[C@@H](O)CC[C@]4(C)[C@H]3CC[C@]12C.O=O.[HH].[HH].[HH].[HH].[HH].[HH].[HH].[HH].[HH].[HH].[HH].[HH].[HH].[HH].[HH].[HH].[HH].[HH].[HH].[HH].[HH]. The highest BCUT2D eigenvalue weighted by Gasteiger charge is 2.59. The fourth-order valence-electron chi connectivity index (χ4n) is 9.34. The van der Waals surface area contributed by atoms with Gasteiger partial charge in [-0.2, -0.15) is 0 Å². The molecule has 4 aliphatic carbocycles. The summed E-state index contributed by atoms with van der Waals surface area (Å²) in [6, 6.07) is 0. The van der Waals surface area contributed by atoms with E-state index in [4.69, 9.17) is 16.4 Å². The van der Waals surface area contributed by atoms with Crippen LogP contribution in [0.15, 0.2) is 11.6 Å². The van der Waals surface area contributed by atoms with Gasteiger partial charge in [0.05, 0.1) is 12.2 Å². The molecule has 332 valence electrons. The fourth-order valence-corrected chi connectivity index (χ4v) is 9.34. The summed E-state index contributed by atoms with van der Waals surface area (Å²) in [6.07, 6.45) is 19.4. The first kappa shape index (κ1) is 47.7. The molecule has 4 nitrogen and oxygen atoms in total. The van der Waals surface area contributed by atoms with Crippen molar-refractivity contribution in [2.45, 2.75) is 118 Å². The first-order valence-corrected chi connectivity index (χ1v) is 19.7. The Morgan fingerprint density at radius 3 is 1.59 bits per heavy atom. The monoisotopic (exact) mass is 805 g/mol. The summed E-state index contributed by atoms with van der Waals surface area (Å²) < 4.78 is 0. The van der Waals surface area contributed by atoms with E-state index < -0.39 is 0 Å². The molecule has 3 fully saturated rings. The Labute approximate surface area is 380 Å². The lowest BCUT2D eigenvalue weighted by molar-refractivity contribution is -0.0579. The van der Waals surface area contributed by atoms with E-state index in [0.29, 0.717) is 16.7 Å². The molecule has 0 unspecified atom stereocenters. The summed E-state index contributed by atoms with van der Waals surface area (Å²) in [5.41, 5.74) is 2.44. The molecule has 0 heterocycles. The normalized spacial score (nSPS) is 25.1. The average Bonchev–Trinajstić information content (AvgIpc) is 3.58. The van der Waals surface area contributed by atoms with Crippen LogP contribution in [0.1, 0.15) is 136 Å². The molecule has 4 aliphatic rings. The Balaban J connectivity index is -0.0000000378. The molecule has 0 spiro atoms. The van der Waals surface area contributed by atoms with E-state index in [0.717, 1.165) is 48.9 Å². The molecule has 58 heavy (non-hydrogen) atoms. The van der Waals surface area contributed by atoms with Crippen LogP contribution in [0.4, 0.5) is 0 Å². The Morgan fingerprint density at radius 1 is 0.672 bits per heavy atom. The smallest absolute Gasteiger partial charge is 0.0577 e. The number of rotatable bonds is 5. The molecule has 0 radical (unpaired) electrons. The van der Waals surface area contributed by atoms with E-state index in [1.54, 1.807) is 12.5 Å². The largest absolute Gasteiger partial charge is 0.393 e. The quantitative estimate of drug-likeness (QED) is 0.214. The summed E-state index contributed by atoms with van der Waals surface area (Å²) in [6.45, 7) is 13.6. The van der Waals surface area contributed by atoms with Crippen LogP contribution in [0, 0.1) is 211 Å². The van der Waals surface area contributed by atoms with Gasteiger partial charge in [-0.25, -0.2) is 0 Å². The molecule has 0 aromatic carbocycles. The highest BCUT2D eigenvalue weighted by atomic mass is 16.7. The lowest BCUT2D eigenvalue weighted by Gasteiger charge is -2.58. The van der Waals surface area contributed by atoms with Gasteiger partial charge in [0.1, 0.15) is 0 Å². The third-order valence-electron chi connectivity index (χ3n) is 12.1. The van der Waals surface area contributed by atoms with E-state index in [-0.39, 0.29) is 42.2 Å². The minimum Gasteiger partial charge on any atom is -0.393 e. The van der Waals surface area contributed by atoms with Crippen molar-refractivity contribution in [1.29, 1.82) is 0 Å². The summed E-state index contributed by atoms with van der Waals surface area (Å²) >= 11 is 0. The van der Waals surface area contributed by atoms with Gasteiger partial charge in [-0.1, -0.05) is 52.2 Å². The lowest BCUT2D eigenvalue weighted by atomic mass is 9.47. The van der Waals surface area contributed by atoms with Crippen molar-refractivity contribution in [3.8, 4) is 154 Å². The summed E-state index contributed by atoms with van der Waals surface area (Å²) in [7, 11) is 0. The topological polar surface area (TPSA) is 74.6 Å². The fraction of sp³-hybridized carbons (Fsp3) is 0.481. The van der Waals surface area contributed by atoms with Gasteiger partial charge in [0.15, 0.2) is 0 Å². The number of aliphatic hydroxyl groups excluding tert-OH is 2. The maximum absolute atomic E-state index is 10.3. The van der Waals surface area contributed by atoms with E-state index >= 15 is 0 Å². The van der Waals surface area contributed by atoms with Gasteiger partial charge in [-0.05, 0) is 212 Å². The summed E-state index contributed by atoms with van der Waals surface area (Å²) in [4.78, 5) is 14.0. The minimum atomic E-state index is -0.137. The Bertz CT molecular complexity index is 2400. The molecule has 0 amide bonds. The van der Waals surface area contributed by atoms with Gasteiger partial charge < -0.3 is 10.2 Å². The molecule has 0 bridgehead atoms. The van der Waals surface area contributed by atoms with Crippen LogP contribution in [0.2, 0.25) is 0 Å². The number of allylic oxidation sites excluding steroid dienone is 1. The molecular formula is C54H92O4. The number of aliphatic hydroxyl groups is 2. The van der Waals surface area contributed by atoms with E-state index in [9.17, 15) is 10.2 Å². The van der Waals surface area contributed by atoms with Crippen molar-refractivity contribution in [2.75, 3.05) is 0 Å². The second-order valence-corrected chi connectivity index (χ2v) is 15.5. The van der Waals surface area contributed by atoms with Crippen LogP contribution in [0.25, 0.3) is 0 Å². The molecule has 0 aromatic rings. The molecule has 3 saturated carbocycles. The minimum absolute atomic E-state index is 0. The van der Waals surface area contributed by atoms with Crippen LogP contribution in [0.3, 0.4) is 0 Å². The summed E-state index contributed by atoms with van der Waals surface area (Å²) in [5, 5.41) is 20.5. The number of hydrogen-bond donors (Lipinski definition) is 2. The zero-order chi connectivity index (χ0) is 42.7. The molecule has 2 N–H and O–H groups in total. The number of terminal acetylenes is 1. The van der Waals surface area contributed by atoms with Crippen molar-refractivity contribution in [3.63, 3.8) is 0 Å². The second-order valence-electron chi connectivity index (χ2n) is 15.5. The lowest BCUT2D eigenvalue weighted by Crippen LogP contribution is -2.50. The molecule has 0 saturated heterocycles. The standard InChI is InChI=1S/C27H46O2.C27H4.O2.21H2/c1-17(2)25(29)11-6-18(3)22-9-10-23-21-8-7-19-16-20(28)12-14-26(19,4)24(21)13-15-27(22,23)5;1-3-5-7-9-11-13-15-17-19-21-23-25-27-26-24-22-20-18-16-14-12-10-8-6-4-2;1-2;;;;;;;;;;;;;;;;;;;;;/h7,17-18,20-25,28-29H,6,8-16H2,1-5H3;1H,2H3;;21*1H/t18-,20+,21+,22-,23+,24+,25-,26+,27-;;;;;;;;;;;;;;;;;;;;;;;/m1......................./s1. The van der Waals surface area contributed by atoms with Crippen molar-refractivity contribution in [1.82, 2.24) is 0 Å². The van der Waals surface area contributed by atoms with Crippen LogP contribution >= 0.6 is 0 Å². The highest BCUT2D eigenvalue weighted by molar-refractivity contribution is 5.48. The number of fused-ring (bicyclic) bond motifs is 5. The van der Waals surface area contributed by atoms with Gasteiger partial charge >= 0.3 is 0 Å². The van der Waals surface area contributed by atoms with Crippen molar-refractivity contribution in [2.24, 2.45) is 46.3 Å². The Kier molecular flexibility index (Phi) is 21.7. The van der Waals surface area contributed by atoms with Crippen molar-refractivity contribution >= 4 is 0 Å². The zero-order valence-corrected chi connectivity index (χ0v) is 34.6.